The second kappa shape index (κ2) is 13.4. The van der Waals surface area contributed by atoms with Crippen molar-refractivity contribution in [3.05, 3.63) is 212 Å². The molecule has 0 saturated carbocycles. The summed E-state index contributed by atoms with van der Waals surface area (Å²) in [5, 5.41) is 4.66. The Morgan fingerprint density at radius 1 is 0.296 bits per heavy atom. The molecule has 0 radical (unpaired) electrons. The number of anilines is 3. The average molecular weight is 690 g/mol. The predicted octanol–water partition coefficient (Wildman–Crippen LogP) is 14.9. The van der Waals surface area contributed by atoms with Crippen LogP contribution in [-0.2, 0) is 0 Å². The Bertz CT molecular complexity index is 2900. The summed E-state index contributed by atoms with van der Waals surface area (Å²) in [4.78, 5) is 2.40. The molecule has 2 heteroatoms. The van der Waals surface area contributed by atoms with E-state index in [4.69, 9.17) is 4.42 Å². The number of nitrogens with zero attached hydrogens (tertiary/aromatic N) is 1. The molecule has 2 nitrogen and oxygen atoms in total. The summed E-state index contributed by atoms with van der Waals surface area (Å²) in [6.07, 6.45) is 0. The van der Waals surface area contributed by atoms with Gasteiger partial charge in [0.2, 0.25) is 0 Å². The zero-order valence-electron chi connectivity index (χ0n) is 29.6. The minimum Gasteiger partial charge on any atom is -0.456 e. The number of furan rings is 1. The standard InChI is InChI=1S/C52H35NO/c1-3-12-36(13-4-1)37-22-24-38(25-23-37)39-26-29-43(30-27-39)53(44-31-33-52-49(35-44)48-19-9-10-21-51(48)54-52)50-34-42(28-32-47(50)41-14-5-2-6-15-41)46-20-11-17-40-16-7-8-18-45(40)46/h1-35H. The van der Waals surface area contributed by atoms with Gasteiger partial charge in [-0.3, -0.25) is 0 Å². The van der Waals surface area contributed by atoms with Gasteiger partial charge >= 0.3 is 0 Å². The van der Waals surface area contributed by atoms with E-state index in [0.29, 0.717) is 0 Å². The molecule has 9 aromatic carbocycles. The van der Waals surface area contributed by atoms with Crippen LogP contribution in [-0.4, -0.2) is 0 Å². The third-order valence-electron chi connectivity index (χ3n) is 10.5. The molecule has 0 spiro atoms. The molecular formula is C52H35NO. The first-order chi connectivity index (χ1) is 26.8. The van der Waals surface area contributed by atoms with Crippen LogP contribution < -0.4 is 4.90 Å². The highest BCUT2D eigenvalue weighted by Crippen LogP contribution is 2.45. The predicted molar refractivity (Wildman–Crippen MR) is 228 cm³/mol. The van der Waals surface area contributed by atoms with Crippen molar-refractivity contribution in [1.29, 1.82) is 0 Å². The van der Waals surface area contributed by atoms with E-state index in [-0.39, 0.29) is 0 Å². The minimum atomic E-state index is 0.877. The molecular weight excluding hydrogens is 655 g/mol. The molecule has 0 bridgehead atoms. The molecule has 0 N–H and O–H groups in total. The number of fused-ring (bicyclic) bond motifs is 4. The number of hydrogen-bond acceptors (Lipinski definition) is 2. The first kappa shape index (κ1) is 31.6. The lowest BCUT2D eigenvalue weighted by atomic mass is 9.94. The van der Waals surface area contributed by atoms with Crippen molar-refractivity contribution >= 4 is 49.8 Å². The van der Waals surface area contributed by atoms with Gasteiger partial charge in [-0.15, -0.1) is 0 Å². The number of hydrogen-bond donors (Lipinski definition) is 0. The fraction of sp³-hybridized carbons (Fsp3) is 0. The third-order valence-corrected chi connectivity index (χ3v) is 10.5. The van der Waals surface area contributed by atoms with E-state index in [9.17, 15) is 0 Å². The largest absolute Gasteiger partial charge is 0.456 e. The fourth-order valence-corrected chi connectivity index (χ4v) is 7.79. The second-order valence-electron chi connectivity index (χ2n) is 13.7. The van der Waals surface area contributed by atoms with Crippen LogP contribution in [0.3, 0.4) is 0 Å². The maximum Gasteiger partial charge on any atom is 0.135 e. The Morgan fingerprint density at radius 2 is 0.833 bits per heavy atom. The quantitative estimate of drug-likeness (QED) is 0.166. The molecule has 54 heavy (non-hydrogen) atoms. The summed E-state index contributed by atoms with van der Waals surface area (Å²) >= 11 is 0. The van der Waals surface area contributed by atoms with Gasteiger partial charge in [-0.1, -0.05) is 170 Å². The van der Waals surface area contributed by atoms with E-state index in [1.54, 1.807) is 0 Å². The molecule has 0 saturated heterocycles. The first-order valence-corrected chi connectivity index (χ1v) is 18.4. The lowest BCUT2D eigenvalue weighted by molar-refractivity contribution is 0.669. The normalized spacial score (nSPS) is 11.3. The summed E-state index contributed by atoms with van der Waals surface area (Å²) in [6.45, 7) is 0. The molecule has 0 aliphatic heterocycles. The van der Waals surface area contributed by atoms with Gasteiger partial charge in [0, 0.05) is 27.7 Å². The molecule has 0 amide bonds. The van der Waals surface area contributed by atoms with Crippen molar-refractivity contribution in [2.45, 2.75) is 0 Å². The maximum atomic E-state index is 6.29. The van der Waals surface area contributed by atoms with Crippen molar-refractivity contribution in [3.63, 3.8) is 0 Å². The van der Waals surface area contributed by atoms with Crippen molar-refractivity contribution in [3.8, 4) is 44.5 Å². The van der Waals surface area contributed by atoms with Crippen LogP contribution in [0.1, 0.15) is 0 Å². The van der Waals surface area contributed by atoms with Gasteiger partial charge in [-0.2, -0.15) is 0 Å². The Morgan fingerprint density at radius 3 is 1.57 bits per heavy atom. The van der Waals surface area contributed by atoms with Crippen LogP contribution in [0.15, 0.2) is 217 Å². The molecule has 0 aliphatic rings. The molecule has 0 atom stereocenters. The van der Waals surface area contributed by atoms with E-state index >= 15 is 0 Å². The van der Waals surface area contributed by atoms with Gasteiger partial charge in [0.15, 0.2) is 0 Å². The summed E-state index contributed by atoms with van der Waals surface area (Å²) < 4.78 is 6.29. The van der Waals surface area contributed by atoms with Crippen molar-refractivity contribution < 1.29 is 4.42 Å². The van der Waals surface area contributed by atoms with Gasteiger partial charge in [0.25, 0.3) is 0 Å². The molecule has 0 aliphatic carbocycles. The molecule has 254 valence electrons. The number of para-hydroxylation sites is 1. The Balaban J connectivity index is 1.16. The van der Waals surface area contributed by atoms with Gasteiger partial charge in [-0.25, -0.2) is 0 Å². The molecule has 10 rings (SSSR count). The summed E-state index contributed by atoms with van der Waals surface area (Å²) in [6, 6.07) is 76.0. The van der Waals surface area contributed by atoms with Crippen molar-refractivity contribution in [1.82, 2.24) is 0 Å². The summed E-state index contributed by atoms with van der Waals surface area (Å²) in [7, 11) is 0. The van der Waals surface area contributed by atoms with Gasteiger partial charge in [0.05, 0.1) is 5.69 Å². The SMILES string of the molecule is c1ccc(-c2ccc(-c3ccc(N(c4ccc5oc6ccccc6c5c4)c4cc(-c5cccc6ccccc56)ccc4-c4ccccc4)cc3)cc2)cc1. The highest BCUT2D eigenvalue weighted by Gasteiger charge is 2.21. The molecule has 0 unspecified atom stereocenters. The molecule has 10 aromatic rings. The zero-order valence-corrected chi connectivity index (χ0v) is 29.6. The van der Waals surface area contributed by atoms with Crippen LogP contribution in [0, 0.1) is 0 Å². The highest BCUT2D eigenvalue weighted by atomic mass is 16.3. The van der Waals surface area contributed by atoms with Gasteiger partial charge in [-0.05, 0) is 92.2 Å². The molecule has 1 aromatic heterocycles. The van der Waals surface area contributed by atoms with E-state index in [2.05, 4.69) is 205 Å². The Kier molecular flexibility index (Phi) is 7.85. The van der Waals surface area contributed by atoms with Crippen molar-refractivity contribution in [2.75, 3.05) is 4.90 Å². The maximum absolute atomic E-state index is 6.29. The molecule has 1 heterocycles. The summed E-state index contributed by atoms with van der Waals surface area (Å²) in [5.41, 5.74) is 14.5. The zero-order chi connectivity index (χ0) is 35.8. The second-order valence-corrected chi connectivity index (χ2v) is 13.7. The van der Waals surface area contributed by atoms with E-state index in [1.807, 2.05) is 12.1 Å². The smallest absolute Gasteiger partial charge is 0.135 e. The molecule has 0 fully saturated rings. The first-order valence-electron chi connectivity index (χ1n) is 18.4. The Labute approximate surface area is 314 Å². The number of benzene rings is 9. The van der Waals surface area contributed by atoms with Crippen LogP contribution in [0.2, 0.25) is 0 Å². The van der Waals surface area contributed by atoms with Crippen molar-refractivity contribution in [2.24, 2.45) is 0 Å². The number of rotatable bonds is 7. The van der Waals surface area contributed by atoms with E-state index in [0.717, 1.165) is 55.7 Å². The van der Waals surface area contributed by atoms with Crippen LogP contribution in [0.4, 0.5) is 17.1 Å². The topological polar surface area (TPSA) is 16.4 Å². The lowest BCUT2D eigenvalue weighted by Crippen LogP contribution is -2.11. The van der Waals surface area contributed by atoms with Crippen LogP contribution in [0.5, 0.6) is 0 Å². The minimum absolute atomic E-state index is 0.877. The highest BCUT2D eigenvalue weighted by molar-refractivity contribution is 6.07. The fourth-order valence-electron chi connectivity index (χ4n) is 7.79. The third kappa shape index (κ3) is 5.71. The van der Waals surface area contributed by atoms with Crippen LogP contribution >= 0.6 is 0 Å². The van der Waals surface area contributed by atoms with Gasteiger partial charge in [0.1, 0.15) is 11.2 Å². The van der Waals surface area contributed by atoms with Crippen LogP contribution in [0.25, 0.3) is 77.2 Å². The summed E-state index contributed by atoms with van der Waals surface area (Å²) in [5.74, 6) is 0. The van der Waals surface area contributed by atoms with Gasteiger partial charge < -0.3 is 9.32 Å². The lowest BCUT2D eigenvalue weighted by Gasteiger charge is -2.29. The monoisotopic (exact) mass is 689 g/mol. The van der Waals surface area contributed by atoms with E-state index in [1.165, 1.54) is 38.6 Å². The average Bonchev–Trinajstić information content (AvgIpc) is 3.63. The Hall–Kier alpha value is -7.16. The van der Waals surface area contributed by atoms with E-state index < -0.39 is 0 Å².